The van der Waals surface area contributed by atoms with Crippen LogP contribution in [-0.4, -0.2) is 37.4 Å². The summed E-state index contributed by atoms with van der Waals surface area (Å²) in [5.74, 6) is -1.85. The number of hydrogen-bond acceptors (Lipinski definition) is 7. The predicted octanol–water partition coefficient (Wildman–Crippen LogP) is 4.18. The van der Waals surface area contributed by atoms with Gasteiger partial charge in [0, 0.05) is 17.3 Å². The summed E-state index contributed by atoms with van der Waals surface area (Å²) in [7, 11) is 0. The van der Waals surface area contributed by atoms with Gasteiger partial charge in [0.05, 0.1) is 23.5 Å². The zero-order valence-corrected chi connectivity index (χ0v) is 21.7. The van der Waals surface area contributed by atoms with Gasteiger partial charge in [-0.15, -0.1) is 0 Å². The maximum atomic E-state index is 13.5. The number of halogens is 1. The van der Waals surface area contributed by atoms with E-state index in [1.165, 1.54) is 21.1 Å². The minimum atomic E-state index is -1.02. The maximum Gasteiger partial charge on any atom is 0.341 e. The summed E-state index contributed by atoms with van der Waals surface area (Å²) in [6, 6.07) is 18.9. The summed E-state index contributed by atoms with van der Waals surface area (Å²) in [5.41, 5.74) is -0.453. The smallest absolute Gasteiger partial charge is 0.341 e. The fourth-order valence-corrected chi connectivity index (χ4v) is 4.44. The first-order valence-electron chi connectivity index (χ1n) is 12.1. The number of hydrogen-bond donors (Lipinski definition) is 0. The average Bonchev–Trinajstić information content (AvgIpc) is 2.95. The zero-order valence-electron chi connectivity index (χ0n) is 21.0. The normalized spacial score (nSPS) is 11.6. The van der Waals surface area contributed by atoms with E-state index in [1.807, 2.05) is 30.3 Å². The highest BCUT2D eigenvalue weighted by atomic mass is 35.5. The van der Waals surface area contributed by atoms with Crippen molar-refractivity contribution in [2.45, 2.75) is 13.5 Å². The molecular weight excluding hydrogens is 538 g/mol. The fourth-order valence-electron chi connectivity index (χ4n) is 4.27. The Kier molecular flexibility index (Phi) is 7.21. The highest BCUT2D eigenvalue weighted by Gasteiger charge is 2.24. The molecule has 12 heteroatoms. The molecule has 0 spiro atoms. The Balaban J connectivity index is 1.91. The monoisotopic (exact) mass is 557 g/mol. The largest absolute Gasteiger partial charge is 0.462 e. The summed E-state index contributed by atoms with van der Waals surface area (Å²) in [6.07, 6.45) is 1.55. The van der Waals surface area contributed by atoms with Crippen LogP contribution in [0.4, 0.5) is 5.69 Å². The molecular formula is C28H20ClN5O6. The first-order chi connectivity index (χ1) is 19.3. The molecule has 0 aliphatic heterocycles. The van der Waals surface area contributed by atoms with Crippen LogP contribution in [0.15, 0.2) is 88.8 Å². The molecule has 0 fully saturated rings. The van der Waals surface area contributed by atoms with Crippen LogP contribution in [0, 0.1) is 10.1 Å². The number of aromatic nitrogens is 3. The minimum Gasteiger partial charge on any atom is -0.462 e. The summed E-state index contributed by atoms with van der Waals surface area (Å²) in [4.78, 5) is 59.9. The topological polar surface area (TPSA) is 138 Å². The lowest BCUT2D eigenvalue weighted by Gasteiger charge is -2.15. The molecule has 0 saturated carbocycles. The standard InChI is InChI=1S/C28H20ClN5O6/c1-2-40-28(37)21-15-20-24(30-23-10-6-7-13-32(23)27(20)36)33(16-17-8-4-3-5-9-17)25(21)31-26(35)19-14-18(29)11-12-22(19)34(38)39/h3-15H,2,16H2,1H3. The number of nitro groups is 1. The Labute approximate surface area is 230 Å². The van der Waals surface area contributed by atoms with Crippen LogP contribution in [0.3, 0.4) is 0 Å². The van der Waals surface area contributed by atoms with Crippen molar-refractivity contribution in [3.63, 3.8) is 0 Å². The number of ether oxygens (including phenoxy) is 1. The number of pyridine rings is 2. The summed E-state index contributed by atoms with van der Waals surface area (Å²) < 4.78 is 8.03. The number of nitro benzene ring substituents is 1. The van der Waals surface area contributed by atoms with Gasteiger partial charge >= 0.3 is 5.97 Å². The lowest BCUT2D eigenvalue weighted by molar-refractivity contribution is -0.385. The number of carbonyl (C=O) groups is 2. The van der Waals surface area contributed by atoms with Gasteiger partial charge in [-0.25, -0.2) is 9.78 Å². The Morgan fingerprint density at radius 3 is 2.52 bits per heavy atom. The molecule has 5 rings (SSSR count). The lowest BCUT2D eigenvalue weighted by atomic mass is 10.1. The number of amides is 1. The molecule has 0 bridgehead atoms. The first-order valence-corrected chi connectivity index (χ1v) is 12.4. The second-order valence-corrected chi connectivity index (χ2v) is 9.03. The number of fused-ring (bicyclic) bond motifs is 2. The second-order valence-electron chi connectivity index (χ2n) is 8.59. The molecule has 11 nitrogen and oxygen atoms in total. The Hall–Kier alpha value is -5.16. The van der Waals surface area contributed by atoms with Crippen molar-refractivity contribution in [2.24, 2.45) is 4.99 Å². The highest BCUT2D eigenvalue weighted by Crippen LogP contribution is 2.23. The number of carbonyl (C=O) groups excluding carboxylic acids is 2. The Morgan fingerprint density at radius 1 is 1.05 bits per heavy atom. The predicted molar refractivity (Wildman–Crippen MR) is 146 cm³/mol. The van der Waals surface area contributed by atoms with Gasteiger partial charge in [-0.1, -0.05) is 48.0 Å². The molecule has 2 aromatic carbocycles. The van der Waals surface area contributed by atoms with Gasteiger partial charge in [-0.05, 0) is 42.8 Å². The SMILES string of the molecule is CCOC(=O)c1cc2c(=O)n3ccccc3nc2n(Cc2ccccc2)c1=NC(=O)c1cc(Cl)ccc1[N+](=O)[O-]. The van der Waals surface area contributed by atoms with E-state index in [2.05, 4.69) is 9.98 Å². The molecule has 3 aromatic heterocycles. The van der Waals surface area contributed by atoms with Crippen LogP contribution in [0.1, 0.15) is 33.2 Å². The second kappa shape index (κ2) is 10.9. The molecule has 0 unspecified atom stereocenters. The number of nitrogens with zero attached hydrogens (tertiary/aromatic N) is 5. The van der Waals surface area contributed by atoms with Crippen LogP contribution >= 0.6 is 11.6 Å². The Bertz CT molecular complexity index is 1950. The van der Waals surface area contributed by atoms with Crippen molar-refractivity contribution in [2.75, 3.05) is 6.61 Å². The van der Waals surface area contributed by atoms with Crippen molar-refractivity contribution < 1.29 is 19.2 Å². The van der Waals surface area contributed by atoms with E-state index in [0.717, 1.165) is 17.7 Å². The third kappa shape index (κ3) is 4.97. The van der Waals surface area contributed by atoms with Crippen molar-refractivity contribution in [3.8, 4) is 0 Å². The van der Waals surface area contributed by atoms with E-state index >= 15 is 0 Å². The molecule has 40 heavy (non-hydrogen) atoms. The van der Waals surface area contributed by atoms with Crippen molar-refractivity contribution in [1.82, 2.24) is 14.0 Å². The average molecular weight is 558 g/mol. The van der Waals surface area contributed by atoms with Crippen LogP contribution < -0.4 is 11.0 Å². The Morgan fingerprint density at radius 2 is 1.80 bits per heavy atom. The van der Waals surface area contributed by atoms with Crippen molar-refractivity contribution >= 4 is 45.8 Å². The van der Waals surface area contributed by atoms with Crippen LogP contribution in [0.5, 0.6) is 0 Å². The van der Waals surface area contributed by atoms with E-state index in [1.54, 1.807) is 31.3 Å². The highest BCUT2D eigenvalue weighted by molar-refractivity contribution is 6.31. The molecule has 0 aliphatic rings. The zero-order chi connectivity index (χ0) is 28.4. The van der Waals surface area contributed by atoms with Gasteiger partial charge in [-0.2, -0.15) is 4.99 Å². The molecule has 3 heterocycles. The molecule has 0 atom stereocenters. The van der Waals surface area contributed by atoms with E-state index in [0.29, 0.717) is 5.65 Å². The third-order valence-corrected chi connectivity index (χ3v) is 6.30. The molecule has 0 N–H and O–H groups in total. The molecule has 0 radical (unpaired) electrons. The van der Waals surface area contributed by atoms with Gasteiger partial charge in [-0.3, -0.25) is 24.1 Å². The van der Waals surface area contributed by atoms with Gasteiger partial charge < -0.3 is 9.30 Å². The molecule has 200 valence electrons. The number of benzene rings is 2. The van der Waals surface area contributed by atoms with E-state index < -0.39 is 28.0 Å². The van der Waals surface area contributed by atoms with E-state index in [9.17, 15) is 24.5 Å². The minimum absolute atomic E-state index is 0.0116. The van der Waals surface area contributed by atoms with Crippen LogP contribution in [0.2, 0.25) is 5.02 Å². The molecule has 0 aliphatic carbocycles. The quantitative estimate of drug-likeness (QED) is 0.132. The summed E-state index contributed by atoms with van der Waals surface area (Å²) in [5, 5.41) is 11.8. The van der Waals surface area contributed by atoms with Gasteiger partial charge in [0.1, 0.15) is 22.4 Å². The van der Waals surface area contributed by atoms with Crippen molar-refractivity contribution in [3.05, 3.63) is 127 Å². The van der Waals surface area contributed by atoms with Gasteiger partial charge in [0.15, 0.2) is 5.49 Å². The van der Waals surface area contributed by atoms with E-state index in [4.69, 9.17) is 16.3 Å². The van der Waals surface area contributed by atoms with Crippen molar-refractivity contribution in [1.29, 1.82) is 0 Å². The summed E-state index contributed by atoms with van der Waals surface area (Å²) in [6.45, 7) is 1.68. The number of rotatable bonds is 6. The summed E-state index contributed by atoms with van der Waals surface area (Å²) >= 11 is 6.04. The lowest BCUT2D eigenvalue weighted by Crippen LogP contribution is -2.33. The first kappa shape index (κ1) is 26.4. The molecule has 5 aromatic rings. The van der Waals surface area contributed by atoms with Crippen LogP contribution in [-0.2, 0) is 11.3 Å². The third-order valence-electron chi connectivity index (χ3n) is 6.06. The fraction of sp³-hybridized carbons (Fsp3) is 0.107. The molecule has 0 saturated heterocycles. The van der Waals surface area contributed by atoms with Gasteiger partial charge in [0.2, 0.25) is 0 Å². The number of esters is 1. The maximum absolute atomic E-state index is 13.5. The van der Waals surface area contributed by atoms with E-state index in [-0.39, 0.29) is 45.8 Å². The molecule has 1 amide bonds. The van der Waals surface area contributed by atoms with Crippen LogP contribution in [0.25, 0.3) is 16.7 Å². The van der Waals surface area contributed by atoms with Gasteiger partial charge in [0.25, 0.3) is 17.2 Å².